The smallest absolute Gasteiger partial charge is 0.303 e. The molecule has 0 saturated heterocycles. The third-order valence-corrected chi connectivity index (χ3v) is 10.2. The monoisotopic (exact) mass is 405 g/mol. The van der Waals surface area contributed by atoms with Crippen LogP contribution in [0.2, 0.25) is 0 Å². The highest BCUT2D eigenvalue weighted by molar-refractivity contribution is 5.88. The first-order valence-electron chi connectivity index (χ1n) is 11.8. The van der Waals surface area contributed by atoms with Gasteiger partial charge in [-0.2, -0.15) is 0 Å². The Kier molecular flexibility index (Phi) is 5.50. The summed E-state index contributed by atoms with van der Waals surface area (Å²) in [5.74, 6) is 2.15. The van der Waals surface area contributed by atoms with Crippen molar-refractivity contribution in [3.8, 4) is 0 Å². The molecule has 0 radical (unpaired) electrons. The molecule has 5 nitrogen and oxygen atoms in total. The number of nitrogens with zero attached hydrogens (tertiary/aromatic N) is 1. The van der Waals surface area contributed by atoms with E-state index in [0.717, 1.165) is 37.8 Å². The van der Waals surface area contributed by atoms with Crippen molar-refractivity contribution >= 4 is 11.7 Å². The molecule has 0 heterocycles. The van der Waals surface area contributed by atoms with E-state index in [0.29, 0.717) is 35.5 Å². The number of carboxylic acid groups (broad SMARTS) is 1. The van der Waals surface area contributed by atoms with Crippen molar-refractivity contribution in [3.05, 3.63) is 0 Å². The van der Waals surface area contributed by atoms with Crippen LogP contribution in [0.3, 0.4) is 0 Å². The van der Waals surface area contributed by atoms with E-state index in [1.807, 2.05) is 0 Å². The van der Waals surface area contributed by atoms with Crippen LogP contribution < -0.4 is 0 Å². The zero-order valence-electron chi connectivity index (χ0n) is 18.3. The van der Waals surface area contributed by atoms with E-state index in [1.165, 1.54) is 25.7 Å². The lowest BCUT2D eigenvalue weighted by Crippen LogP contribution is -2.57. The van der Waals surface area contributed by atoms with E-state index in [1.54, 1.807) is 0 Å². The van der Waals surface area contributed by atoms with Crippen LogP contribution in [-0.4, -0.2) is 33.2 Å². The molecule has 4 rings (SSSR count). The van der Waals surface area contributed by atoms with Crippen molar-refractivity contribution < 1.29 is 20.2 Å². The Morgan fingerprint density at radius 1 is 1.14 bits per heavy atom. The van der Waals surface area contributed by atoms with Gasteiger partial charge in [0.2, 0.25) is 0 Å². The molecule has 4 aliphatic carbocycles. The van der Waals surface area contributed by atoms with Crippen LogP contribution in [0.15, 0.2) is 5.16 Å². The van der Waals surface area contributed by atoms with Crippen LogP contribution in [0.25, 0.3) is 0 Å². The molecule has 0 aliphatic heterocycles. The Morgan fingerprint density at radius 3 is 2.52 bits per heavy atom. The molecular formula is C24H39NO4. The van der Waals surface area contributed by atoms with Gasteiger partial charge >= 0.3 is 5.97 Å². The highest BCUT2D eigenvalue weighted by atomic mass is 16.4. The lowest BCUT2D eigenvalue weighted by Gasteiger charge is -2.61. The molecule has 0 aromatic heterocycles. The summed E-state index contributed by atoms with van der Waals surface area (Å²) in [7, 11) is 0. The molecular weight excluding hydrogens is 366 g/mol. The normalized spacial score (nSPS) is 49.2. The second kappa shape index (κ2) is 7.55. The largest absolute Gasteiger partial charge is 0.481 e. The maximum absolute atomic E-state index is 11.1. The van der Waals surface area contributed by atoms with Gasteiger partial charge in [-0.25, -0.2) is 0 Å². The highest BCUT2D eigenvalue weighted by Crippen LogP contribution is 2.67. The lowest BCUT2D eigenvalue weighted by molar-refractivity contribution is -0.137. The molecule has 0 spiro atoms. The SMILES string of the molecule is C[C@H](CCC(=O)O)[C@H]1CC[C@H]2[C@@H]3C(=NO)C[C@@H]4C[C@H](O)CC[C@]4(C)[C@H]3CC[C@]12C. The average Bonchev–Trinajstić information content (AvgIpc) is 3.03. The fourth-order valence-corrected chi connectivity index (χ4v) is 8.57. The van der Waals surface area contributed by atoms with Crippen LogP contribution in [0.4, 0.5) is 0 Å². The van der Waals surface area contributed by atoms with Crippen molar-refractivity contribution in [2.24, 2.45) is 51.5 Å². The predicted molar refractivity (Wildman–Crippen MR) is 112 cm³/mol. The predicted octanol–water partition coefficient (Wildman–Crippen LogP) is 4.95. The standard InChI is InChI=1S/C24H39NO4/c1-14(4-7-21(27)28)17-5-6-18-22-19(9-11-24(17,18)3)23(2)10-8-16(26)12-15(23)13-20(22)25-29/h14-19,22,26,29H,4-13H2,1-3H3,(H,27,28)/t14-,15+,16-,17-,18+,19+,22+,23+,24-/m1/s1. The van der Waals surface area contributed by atoms with Crippen LogP contribution in [-0.2, 0) is 4.79 Å². The van der Waals surface area contributed by atoms with Crippen LogP contribution in [0.1, 0.15) is 85.0 Å². The third kappa shape index (κ3) is 3.32. The van der Waals surface area contributed by atoms with Crippen molar-refractivity contribution in [2.75, 3.05) is 0 Å². The zero-order valence-corrected chi connectivity index (χ0v) is 18.3. The van der Waals surface area contributed by atoms with Gasteiger partial charge in [-0.1, -0.05) is 25.9 Å². The minimum Gasteiger partial charge on any atom is -0.481 e. The topological polar surface area (TPSA) is 90.1 Å². The summed E-state index contributed by atoms with van der Waals surface area (Å²) in [6, 6.07) is 0. The summed E-state index contributed by atoms with van der Waals surface area (Å²) in [5, 5.41) is 33.2. The van der Waals surface area contributed by atoms with E-state index in [4.69, 9.17) is 5.11 Å². The Morgan fingerprint density at radius 2 is 1.83 bits per heavy atom. The van der Waals surface area contributed by atoms with Gasteiger partial charge in [0.1, 0.15) is 0 Å². The van der Waals surface area contributed by atoms with Gasteiger partial charge in [0.15, 0.2) is 0 Å². The molecule has 5 heteroatoms. The van der Waals surface area contributed by atoms with Gasteiger partial charge in [0.25, 0.3) is 0 Å². The fourth-order valence-electron chi connectivity index (χ4n) is 8.57. The molecule has 0 amide bonds. The number of fused-ring (bicyclic) bond motifs is 5. The van der Waals surface area contributed by atoms with Gasteiger partial charge in [-0.05, 0) is 98.2 Å². The molecule has 4 saturated carbocycles. The Labute approximate surface area is 175 Å². The van der Waals surface area contributed by atoms with Crippen molar-refractivity contribution in [3.63, 3.8) is 0 Å². The van der Waals surface area contributed by atoms with E-state index in [2.05, 4.69) is 25.9 Å². The quantitative estimate of drug-likeness (QED) is 0.456. The van der Waals surface area contributed by atoms with Crippen LogP contribution >= 0.6 is 0 Å². The summed E-state index contributed by atoms with van der Waals surface area (Å²) >= 11 is 0. The summed E-state index contributed by atoms with van der Waals surface area (Å²) in [4.78, 5) is 11.1. The van der Waals surface area contributed by atoms with Crippen LogP contribution in [0, 0.1) is 46.3 Å². The Bertz CT molecular complexity index is 678. The molecule has 0 aromatic carbocycles. The van der Waals surface area contributed by atoms with Crippen LogP contribution in [0.5, 0.6) is 0 Å². The minimum atomic E-state index is -0.694. The Hall–Kier alpha value is -1.10. The first-order chi connectivity index (χ1) is 13.7. The van der Waals surface area contributed by atoms with Gasteiger partial charge in [-0.15, -0.1) is 0 Å². The number of hydrogen-bond donors (Lipinski definition) is 3. The second-order valence-electron chi connectivity index (χ2n) is 11.3. The molecule has 0 bridgehead atoms. The number of carbonyl (C=O) groups is 1. The molecule has 4 fully saturated rings. The van der Waals surface area contributed by atoms with E-state index < -0.39 is 5.97 Å². The van der Waals surface area contributed by atoms with Crippen molar-refractivity contribution in [1.82, 2.24) is 0 Å². The summed E-state index contributed by atoms with van der Waals surface area (Å²) < 4.78 is 0. The number of aliphatic hydroxyl groups is 1. The first-order valence-corrected chi connectivity index (χ1v) is 11.8. The maximum Gasteiger partial charge on any atom is 0.303 e. The number of rotatable bonds is 4. The van der Waals surface area contributed by atoms with Gasteiger partial charge < -0.3 is 15.4 Å². The molecule has 0 unspecified atom stereocenters. The Balaban J connectivity index is 1.60. The highest BCUT2D eigenvalue weighted by Gasteiger charge is 2.62. The number of oxime groups is 1. The second-order valence-corrected chi connectivity index (χ2v) is 11.3. The average molecular weight is 406 g/mol. The van der Waals surface area contributed by atoms with E-state index in [9.17, 15) is 15.1 Å². The summed E-state index contributed by atoms with van der Waals surface area (Å²) in [6.07, 6.45) is 9.18. The lowest BCUT2D eigenvalue weighted by atomic mass is 9.44. The van der Waals surface area contributed by atoms with Crippen molar-refractivity contribution in [2.45, 2.75) is 91.1 Å². The summed E-state index contributed by atoms with van der Waals surface area (Å²) in [6.45, 7) is 7.13. The molecule has 0 aromatic rings. The summed E-state index contributed by atoms with van der Waals surface area (Å²) in [5.41, 5.74) is 1.44. The molecule has 9 atom stereocenters. The van der Waals surface area contributed by atoms with Gasteiger partial charge in [-0.3, -0.25) is 4.79 Å². The molecule has 29 heavy (non-hydrogen) atoms. The first kappa shape index (κ1) is 21.1. The van der Waals surface area contributed by atoms with Gasteiger partial charge in [0, 0.05) is 12.3 Å². The van der Waals surface area contributed by atoms with Crippen molar-refractivity contribution in [1.29, 1.82) is 0 Å². The molecule has 164 valence electrons. The number of aliphatic carboxylic acids is 1. The van der Waals surface area contributed by atoms with E-state index in [-0.39, 0.29) is 23.4 Å². The number of carboxylic acids is 1. The fraction of sp³-hybridized carbons (Fsp3) is 0.917. The maximum atomic E-state index is 11.1. The molecule has 3 N–H and O–H groups in total. The zero-order chi connectivity index (χ0) is 21.0. The minimum absolute atomic E-state index is 0.204. The number of aliphatic hydroxyl groups excluding tert-OH is 1. The number of hydrogen-bond acceptors (Lipinski definition) is 4. The van der Waals surface area contributed by atoms with Gasteiger partial charge in [0.05, 0.1) is 11.8 Å². The third-order valence-electron chi connectivity index (χ3n) is 10.2. The molecule has 4 aliphatic rings. The van der Waals surface area contributed by atoms with E-state index >= 15 is 0 Å².